The molecule has 3 aromatic rings. The zero-order chi connectivity index (χ0) is 20.5. The van der Waals surface area contributed by atoms with Gasteiger partial charge in [-0.1, -0.05) is 53.6 Å². The summed E-state index contributed by atoms with van der Waals surface area (Å²) in [6.07, 6.45) is 0.584. The largest absolute Gasteiger partial charge is 0.492 e. The van der Waals surface area contributed by atoms with Gasteiger partial charge in [0.25, 0.3) is 0 Å². The van der Waals surface area contributed by atoms with Gasteiger partial charge >= 0.3 is 0 Å². The average Bonchev–Trinajstić information content (AvgIpc) is 3.14. The molecule has 2 heterocycles. The van der Waals surface area contributed by atoms with E-state index in [1.807, 2.05) is 62.4 Å². The second kappa shape index (κ2) is 7.84. The highest BCUT2D eigenvalue weighted by atomic mass is 35.5. The van der Waals surface area contributed by atoms with Crippen LogP contribution < -0.4 is 4.74 Å². The Labute approximate surface area is 175 Å². The minimum Gasteiger partial charge on any atom is -0.492 e. The lowest BCUT2D eigenvalue weighted by Gasteiger charge is -2.21. The van der Waals surface area contributed by atoms with E-state index in [-0.39, 0.29) is 11.9 Å². The Morgan fingerprint density at radius 2 is 2.00 bits per heavy atom. The summed E-state index contributed by atoms with van der Waals surface area (Å²) < 4.78 is 5.68. The number of hydrogen-bond acceptors (Lipinski definition) is 4. The summed E-state index contributed by atoms with van der Waals surface area (Å²) in [4.78, 5) is 16.9. The molecule has 0 spiro atoms. The fourth-order valence-corrected chi connectivity index (χ4v) is 3.90. The van der Waals surface area contributed by atoms with E-state index in [0.717, 1.165) is 27.7 Å². The minimum absolute atomic E-state index is 0.128. The Morgan fingerprint density at radius 3 is 2.69 bits per heavy atom. The van der Waals surface area contributed by atoms with E-state index in [9.17, 15) is 4.79 Å². The average molecular weight is 408 g/mol. The number of ether oxygens (including phenoxy) is 1. The molecule has 1 aliphatic rings. The van der Waals surface area contributed by atoms with Crippen LogP contribution in [-0.2, 0) is 4.79 Å². The number of aromatic nitrogens is 1. The SMILES string of the molecule is CCOc1cccc2cc([C@H]3CC(c4ccc(C)cc4)=NN3C(C)=O)c(Cl)nc12. The predicted molar refractivity (Wildman–Crippen MR) is 116 cm³/mol. The number of hydrogen-bond donors (Lipinski definition) is 0. The van der Waals surface area contributed by atoms with Crippen LogP contribution in [0.4, 0.5) is 0 Å². The first kappa shape index (κ1) is 19.4. The van der Waals surface area contributed by atoms with E-state index in [2.05, 4.69) is 10.1 Å². The van der Waals surface area contributed by atoms with Gasteiger partial charge in [0, 0.05) is 24.3 Å². The third-order valence-corrected chi connectivity index (χ3v) is 5.37. The molecule has 0 bridgehead atoms. The van der Waals surface area contributed by atoms with Gasteiger partial charge in [0.2, 0.25) is 5.91 Å². The number of para-hydroxylation sites is 1. The topological polar surface area (TPSA) is 54.8 Å². The first-order chi connectivity index (χ1) is 14.0. The van der Waals surface area contributed by atoms with Gasteiger partial charge in [0.1, 0.15) is 16.4 Å². The Balaban J connectivity index is 1.75. The van der Waals surface area contributed by atoms with Gasteiger partial charge in [-0.3, -0.25) is 4.79 Å². The molecule has 148 valence electrons. The molecule has 1 amide bonds. The molecule has 2 aromatic carbocycles. The molecule has 1 aromatic heterocycles. The number of carbonyl (C=O) groups excluding carboxylic acids is 1. The van der Waals surface area contributed by atoms with Gasteiger partial charge in [-0.2, -0.15) is 5.10 Å². The number of fused-ring (bicyclic) bond motifs is 1. The number of benzene rings is 2. The van der Waals surface area contributed by atoms with Crippen molar-refractivity contribution in [1.82, 2.24) is 9.99 Å². The van der Waals surface area contributed by atoms with Crippen molar-refractivity contribution in [2.75, 3.05) is 6.61 Å². The fourth-order valence-electron chi connectivity index (χ4n) is 3.63. The molecule has 0 radical (unpaired) electrons. The fraction of sp³-hybridized carbons (Fsp3) is 0.261. The summed E-state index contributed by atoms with van der Waals surface area (Å²) in [5, 5.41) is 7.39. The minimum atomic E-state index is -0.288. The maximum absolute atomic E-state index is 12.3. The van der Waals surface area contributed by atoms with Crippen LogP contribution in [0.1, 0.15) is 43.0 Å². The van der Waals surface area contributed by atoms with E-state index in [4.69, 9.17) is 16.3 Å². The lowest BCUT2D eigenvalue weighted by molar-refractivity contribution is -0.130. The van der Waals surface area contributed by atoms with Crippen molar-refractivity contribution in [2.45, 2.75) is 33.2 Å². The number of rotatable bonds is 4. The molecule has 0 saturated heterocycles. The number of carbonyl (C=O) groups is 1. The maximum atomic E-state index is 12.3. The molecule has 4 rings (SSSR count). The highest BCUT2D eigenvalue weighted by molar-refractivity contribution is 6.30. The predicted octanol–water partition coefficient (Wildman–Crippen LogP) is 5.29. The summed E-state index contributed by atoms with van der Waals surface area (Å²) in [5.74, 6) is 0.571. The Hall–Kier alpha value is -2.92. The van der Waals surface area contributed by atoms with Crippen molar-refractivity contribution in [3.8, 4) is 5.75 Å². The van der Waals surface area contributed by atoms with Crippen LogP contribution in [-0.4, -0.2) is 28.2 Å². The summed E-state index contributed by atoms with van der Waals surface area (Å²) in [6.45, 7) is 6.04. The van der Waals surface area contributed by atoms with Crippen LogP contribution in [0.15, 0.2) is 53.6 Å². The van der Waals surface area contributed by atoms with Crippen molar-refractivity contribution in [2.24, 2.45) is 5.10 Å². The molecule has 0 saturated carbocycles. The van der Waals surface area contributed by atoms with Gasteiger partial charge in [0.15, 0.2) is 0 Å². The van der Waals surface area contributed by atoms with Gasteiger partial charge in [-0.25, -0.2) is 9.99 Å². The molecule has 5 nitrogen and oxygen atoms in total. The van der Waals surface area contributed by atoms with Crippen LogP contribution in [0.3, 0.4) is 0 Å². The van der Waals surface area contributed by atoms with Crippen molar-refractivity contribution in [3.63, 3.8) is 0 Å². The zero-order valence-electron chi connectivity index (χ0n) is 16.6. The molecule has 1 aliphatic heterocycles. The van der Waals surface area contributed by atoms with Crippen LogP contribution in [0.2, 0.25) is 5.15 Å². The van der Waals surface area contributed by atoms with E-state index in [0.29, 0.717) is 23.9 Å². The molecule has 1 atom stereocenters. The lowest BCUT2D eigenvalue weighted by atomic mass is 9.98. The number of halogens is 1. The molecule has 0 fully saturated rings. The van der Waals surface area contributed by atoms with Gasteiger partial charge in [0.05, 0.1) is 18.4 Å². The van der Waals surface area contributed by atoms with Crippen LogP contribution >= 0.6 is 11.6 Å². The summed E-state index contributed by atoms with van der Waals surface area (Å²) in [5.41, 5.74) is 4.56. The Bertz CT molecular complexity index is 1110. The molecule has 29 heavy (non-hydrogen) atoms. The smallest absolute Gasteiger partial charge is 0.240 e. The van der Waals surface area contributed by atoms with E-state index in [1.165, 1.54) is 17.5 Å². The van der Waals surface area contributed by atoms with Crippen LogP contribution in [0.25, 0.3) is 10.9 Å². The molecule has 6 heteroatoms. The first-order valence-electron chi connectivity index (χ1n) is 9.64. The Morgan fingerprint density at radius 1 is 1.24 bits per heavy atom. The van der Waals surface area contributed by atoms with E-state index in [1.54, 1.807) is 0 Å². The second-order valence-corrected chi connectivity index (χ2v) is 7.48. The number of hydrazone groups is 1. The zero-order valence-corrected chi connectivity index (χ0v) is 17.4. The second-order valence-electron chi connectivity index (χ2n) is 7.13. The van der Waals surface area contributed by atoms with Crippen molar-refractivity contribution < 1.29 is 9.53 Å². The lowest BCUT2D eigenvalue weighted by Crippen LogP contribution is -2.24. The number of nitrogens with zero attached hydrogens (tertiary/aromatic N) is 3. The number of amides is 1. The summed E-state index contributed by atoms with van der Waals surface area (Å²) >= 11 is 6.58. The normalized spacial score (nSPS) is 16.2. The molecule has 0 aliphatic carbocycles. The van der Waals surface area contributed by atoms with Crippen LogP contribution in [0, 0.1) is 6.92 Å². The van der Waals surface area contributed by atoms with Crippen molar-refractivity contribution >= 4 is 34.1 Å². The Kier molecular flexibility index (Phi) is 5.24. The summed E-state index contributed by atoms with van der Waals surface area (Å²) in [6, 6.07) is 15.6. The molecule has 0 N–H and O–H groups in total. The quantitative estimate of drug-likeness (QED) is 0.552. The van der Waals surface area contributed by atoms with Gasteiger partial charge < -0.3 is 4.74 Å². The number of pyridine rings is 1. The van der Waals surface area contributed by atoms with Crippen molar-refractivity contribution in [3.05, 3.63) is 70.4 Å². The van der Waals surface area contributed by atoms with Gasteiger partial charge in [-0.15, -0.1) is 0 Å². The third kappa shape index (κ3) is 3.70. The van der Waals surface area contributed by atoms with E-state index >= 15 is 0 Å². The highest BCUT2D eigenvalue weighted by Gasteiger charge is 2.33. The van der Waals surface area contributed by atoms with Crippen molar-refractivity contribution in [1.29, 1.82) is 0 Å². The molecular weight excluding hydrogens is 386 g/mol. The molecular formula is C23H22ClN3O2. The number of aryl methyl sites for hydroxylation is 1. The molecule has 0 unspecified atom stereocenters. The van der Waals surface area contributed by atoms with Crippen LogP contribution in [0.5, 0.6) is 5.75 Å². The van der Waals surface area contributed by atoms with E-state index < -0.39 is 0 Å². The standard InChI is InChI=1S/C23H22ClN3O2/c1-4-29-21-7-5-6-17-12-18(23(24)25-22(17)21)20-13-19(26-27(20)15(3)28)16-10-8-14(2)9-11-16/h5-12,20H,4,13H2,1-3H3/t20-/m1/s1. The first-order valence-corrected chi connectivity index (χ1v) is 10.0. The van der Waals surface area contributed by atoms with Gasteiger partial charge in [-0.05, 0) is 31.5 Å². The maximum Gasteiger partial charge on any atom is 0.240 e. The monoisotopic (exact) mass is 407 g/mol. The third-order valence-electron chi connectivity index (χ3n) is 5.07. The highest BCUT2D eigenvalue weighted by Crippen LogP contribution is 2.38. The summed E-state index contributed by atoms with van der Waals surface area (Å²) in [7, 11) is 0.